The third-order valence-electron chi connectivity index (χ3n) is 3.86. The normalized spacial score (nSPS) is 11.3. The van der Waals surface area contributed by atoms with Gasteiger partial charge in [0.2, 0.25) is 0 Å². The van der Waals surface area contributed by atoms with Gasteiger partial charge in [0.25, 0.3) is 5.69 Å². The molecule has 0 amide bonds. The summed E-state index contributed by atoms with van der Waals surface area (Å²) in [5.41, 5.74) is 2.30. The molecule has 6 heteroatoms. The van der Waals surface area contributed by atoms with Gasteiger partial charge in [-0.1, -0.05) is 38.1 Å². The molecule has 0 bridgehead atoms. The predicted molar refractivity (Wildman–Crippen MR) is 97.5 cm³/mol. The maximum Gasteiger partial charge on any atom is 0.280 e. The molecule has 0 spiro atoms. The van der Waals surface area contributed by atoms with E-state index >= 15 is 0 Å². The molecule has 0 aliphatic carbocycles. The first-order valence-corrected chi connectivity index (χ1v) is 8.01. The number of nitrogens with one attached hydrogen (secondary N) is 2. The number of rotatable bonds is 6. The largest absolute Gasteiger partial charge is 0.382 e. The van der Waals surface area contributed by atoms with Crippen LogP contribution in [0.3, 0.4) is 0 Å². The Morgan fingerprint density at radius 2 is 1.83 bits per heavy atom. The summed E-state index contributed by atoms with van der Waals surface area (Å²) < 4.78 is 0. The van der Waals surface area contributed by atoms with Crippen LogP contribution in [0.2, 0.25) is 0 Å². The quantitative estimate of drug-likeness (QED) is 0.313. The number of benzene rings is 2. The van der Waals surface area contributed by atoms with Gasteiger partial charge in [0.05, 0.1) is 21.6 Å². The van der Waals surface area contributed by atoms with Gasteiger partial charge in [-0.15, -0.1) is 0 Å². The van der Waals surface area contributed by atoms with Crippen molar-refractivity contribution in [1.29, 1.82) is 0 Å². The van der Waals surface area contributed by atoms with Crippen molar-refractivity contribution in [3.05, 3.63) is 52.6 Å². The topological polar surface area (TPSA) is 80.1 Å². The third kappa shape index (κ3) is 3.14. The number of anilines is 1. The average molecular weight is 324 g/mol. The van der Waals surface area contributed by atoms with Gasteiger partial charge in [-0.05, 0) is 12.1 Å². The zero-order chi connectivity index (χ0) is 17.1. The van der Waals surface area contributed by atoms with Gasteiger partial charge < -0.3 is 10.6 Å². The SMILES string of the molecule is CC(C)NCCNc1c2ccccc2nc2cccc([N+](=O)[O-])c12. The van der Waals surface area contributed by atoms with E-state index in [4.69, 9.17) is 0 Å². The number of fused-ring (bicyclic) bond motifs is 2. The minimum atomic E-state index is -0.351. The summed E-state index contributed by atoms with van der Waals surface area (Å²) in [5.74, 6) is 0. The molecule has 0 fully saturated rings. The third-order valence-corrected chi connectivity index (χ3v) is 3.86. The van der Waals surface area contributed by atoms with E-state index in [-0.39, 0.29) is 10.6 Å². The molecule has 2 N–H and O–H groups in total. The summed E-state index contributed by atoms with van der Waals surface area (Å²) in [7, 11) is 0. The van der Waals surface area contributed by atoms with Crippen molar-refractivity contribution in [2.24, 2.45) is 0 Å². The number of hydrogen-bond donors (Lipinski definition) is 2. The zero-order valence-corrected chi connectivity index (χ0v) is 13.7. The fourth-order valence-corrected chi connectivity index (χ4v) is 2.81. The van der Waals surface area contributed by atoms with E-state index < -0.39 is 0 Å². The Kier molecular flexibility index (Phi) is 4.57. The number of para-hydroxylation sites is 1. The second kappa shape index (κ2) is 6.80. The molecule has 0 aliphatic rings. The first kappa shape index (κ1) is 16.1. The van der Waals surface area contributed by atoms with Crippen molar-refractivity contribution in [2.75, 3.05) is 18.4 Å². The average Bonchev–Trinajstić information content (AvgIpc) is 2.56. The number of nitro benzene ring substituents is 1. The zero-order valence-electron chi connectivity index (χ0n) is 13.7. The molecule has 124 valence electrons. The molecular weight excluding hydrogens is 304 g/mol. The lowest BCUT2D eigenvalue weighted by atomic mass is 10.1. The van der Waals surface area contributed by atoms with E-state index in [1.807, 2.05) is 30.3 Å². The molecule has 24 heavy (non-hydrogen) atoms. The number of non-ortho nitro benzene ring substituents is 1. The van der Waals surface area contributed by atoms with Crippen LogP contribution in [0, 0.1) is 10.1 Å². The summed E-state index contributed by atoms with van der Waals surface area (Å²) in [5, 5.41) is 19.6. The molecule has 0 saturated carbocycles. The van der Waals surface area contributed by atoms with Crippen molar-refractivity contribution in [2.45, 2.75) is 19.9 Å². The molecule has 3 aromatic rings. The van der Waals surface area contributed by atoms with Gasteiger partial charge in [-0.2, -0.15) is 0 Å². The van der Waals surface area contributed by atoms with Crippen LogP contribution in [0.4, 0.5) is 11.4 Å². The van der Waals surface area contributed by atoms with Gasteiger partial charge in [0.15, 0.2) is 0 Å². The van der Waals surface area contributed by atoms with Crippen LogP contribution in [0.5, 0.6) is 0 Å². The van der Waals surface area contributed by atoms with Gasteiger partial charge in [0.1, 0.15) is 5.39 Å². The second-order valence-corrected chi connectivity index (χ2v) is 5.97. The lowest BCUT2D eigenvalue weighted by Crippen LogP contribution is -2.28. The molecule has 1 heterocycles. The molecule has 0 radical (unpaired) electrons. The van der Waals surface area contributed by atoms with E-state index in [2.05, 4.69) is 29.5 Å². The van der Waals surface area contributed by atoms with Crippen LogP contribution >= 0.6 is 0 Å². The first-order chi connectivity index (χ1) is 11.6. The molecule has 0 saturated heterocycles. The lowest BCUT2D eigenvalue weighted by molar-refractivity contribution is -0.383. The second-order valence-electron chi connectivity index (χ2n) is 5.97. The van der Waals surface area contributed by atoms with Crippen LogP contribution in [-0.2, 0) is 0 Å². The number of nitrogens with zero attached hydrogens (tertiary/aromatic N) is 2. The fourth-order valence-electron chi connectivity index (χ4n) is 2.81. The molecule has 0 unspecified atom stereocenters. The van der Waals surface area contributed by atoms with E-state index in [0.29, 0.717) is 23.5 Å². The Bertz CT molecular complexity index is 893. The molecule has 2 aromatic carbocycles. The highest BCUT2D eigenvalue weighted by atomic mass is 16.6. The van der Waals surface area contributed by atoms with Crippen LogP contribution in [-0.4, -0.2) is 29.0 Å². The predicted octanol–water partition coefficient (Wildman–Crippen LogP) is 3.71. The van der Waals surface area contributed by atoms with E-state index in [0.717, 1.165) is 23.1 Å². The highest BCUT2D eigenvalue weighted by Crippen LogP contribution is 2.36. The summed E-state index contributed by atoms with van der Waals surface area (Å²) >= 11 is 0. The van der Waals surface area contributed by atoms with Crippen molar-refractivity contribution >= 4 is 33.2 Å². The lowest BCUT2D eigenvalue weighted by Gasteiger charge is -2.14. The minimum absolute atomic E-state index is 0.0741. The number of pyridine rings is 1. The van der Waals surface area contributed by atoms with E-state index in [9.17, 15) is 10.1 Å². The highest BCUT2D eigenvalue weighted by molar-refractivity contribution is 6.11. The van der Waals surface area contributed by atoms with Crippen LogP contribution < -0.4 is 10.6 Å². The summed E-state index contributed by atoms with van der Waals surface area (Å²) in [4.78, 5) is 15.7. The molecule has 0 aliphatic heterocycles. The maximum atomic E-state index is 11.5. The number of nitro groups is 1. The van der Waals surface area contributed by atoms with Crippen molar-refractivity contribution in [3.63, 3.8) is 0 Å². The maximum absolute atomic E-state index is 11.5. The molecule has 6 nitrogen and oxygen atoms in total. The Hall–Kier alpha value is -2.73. The monoisotopic (exact) mass is 324 g/mol. The molecule has 0 atom stereocenters. The number of hydrogen-bond acceptors (Lipinski definition) is 5. The van der Waals surface area contributed by atoms with Gasteiger partial charge in [-0.25, -0.2) is 4.98 Å². The van der Waals surface area contributed by atoms with Crippen molar-refractivity contribution in [3.8, 4) is 0 Å². The van der Waals surface area contributed by atoms with Gasteiger partial charge in [-0.3, -0.25) is 10.1 Å². The smallest absolute Gasteiger partial charge is 0.280 e. The summed E-state index contributed by atoms with van der Waals surface area (Å²) in [6.45, 7) is 5.62. The Labute approximate surface area is 140 Å². The minimum Gasteiger partial charge on any atom is -0.382 e. The van der Waals surface area contributed by atoms with Crippen LogP contribution in [0.25, 0.3) is 21.8 Å². The Balaban J connectivity index is 2.14. The van der Waals surface area contributed by atoms with Gasteiger partial charge in [0, 0.05) is 30.6 Å². The van der Waals surface area contributed by atoms with Crippen LogP contribution in [0.1, 0.15) is 13.8 Å². The van der Waals surface area contributed by atoms with E-state index in [1.165, 1.54) is 6.07 Å². The number of aromatic nitrogens is 1. The molecule has 3 rings (SSSR count). The first-order valence-electron chi connectivity index (χ1n) is 8.01. The summed E-state index contributed by atoms with van der Waals surface area (Å²) in [6, 6.07) is 13.1. The fraction of sp³-hybridized carbons (Fsp3) is 0.278. The molecular formula is C18H20N4O2. The molecule has 1 aromatic heterocycles. The van der Waals surface area contributed by atoms with Crippen molar-refractivity contribution < 1.29 is 4.92 Å². The Morgan fingerprint density at radius 3 is 2.58 bits per heavy atom. The van der Waals surface area contributed by atoms with Crippen molar-refractivity contribution in [1.82, 2.24) is 10.3 Å². The summed E-state index contributed by atoms with van der Waals surface area (Å²) in [6.07, 6.45) is 0. The van der Waals surface area contributed by atoms with E-state index in [1.54, 1.807) is 6.07 Å². The van der Waals surface area contributed by atoms with Gasteiger partial charge >= 0.3 is 0 Å². The van der Waals surface area contributed by atoms with Crippen LogP contribution in [0.15, 0.2) is 42.5 Å². The highest BCUT2D eigenvalue weighted by Gasteiger charge is 2.18. The Morgan fingerprint density at radius 1 is 1.08 bits per heavy atom. The standard InChI is InChI=1S/C18H20N4O2/c1-12(2)19-10-11-20-18-13-6-3-4-7-14(13)21-15-8-5-9-16(17(15)18)22(23)24/h3-9,12,19H,10-11H2,1-2H3,(H,20,21).